The summed E-state index contributed by atoms with van der Waals surface area (Å²) in [4.78, 5) is 12.5. The van der Waals surface area contributed by atoms with Crippen molar-refractivity contribution in [3.63, 3.8) is 0 Å². The van der Waals surface area contributed by atoms with Gasteiger partial charge < -0.3 is 14.8 Å². The molecule has 27 heavy (non-hydrogen) atoms. The predicted octanol–water partition coefficient (Wildman–Crippen LogP) is 4.66. The lowest BCUT2D eigenvalue weighted by Crippen LogP contribution is -2.41. The second kappa shape index (κ2) is 8.26. The van der Waals surface area contributed by atoms with Crippen LogP contribution in [0.15, 0.2) is 42.5 Å². The molecule has 1 amide bonds. The standard InChI is InChI=1S/C22H27NO3S/c1-15-5-10-20-18(11-15)19(12-22(2,3)26-20)23-21(24)14-27-13-16-6-8-17(25-4)9-7-16/h5-11,19H,12-14H2,1-4H3,(H,23,24). The van der Waals surface area contributed by atoms with Crippen LogP contribution in [-0.4, -0.2) is 24.4 Å². The molecular formula is C22H27NO3S. The zero-order valence-corrected chi connectivity index (χ0v) is 17.2. The first-order valence-electron chi connectivity index (χ1n) is 9.16. The van der Waals surface area contributed by atoms with Gasteiger partial charge in [-0.15, -0.1) is 11.8 Å². The Balaban J connectivity index is 1.57. The molecule has 2 aromatic carbocycles. The van der Waals surface area contributed by atoms with Crippen LogP contribution >= 0.6 is 11.8 Å². The van der Waals surface area contributed by atoms with Crippen LogP contribution < -0.4 is 14.8 Å². The van der Waals surface area contributed by atoms with Crippen molar-refractivity contribution in [1.82, 2.24) is 5.32 Å². The van der Waals surface area contributed by atoms with Crippen molar-refractivity contribution < 1.29 is 14.3 Å². The molecule has 1 aliphatic rings. The Kier molecular flexibility index (Phi) is 6.00. The van der Waals surface area contributed by atoms with E-state index < -0.39 is 0 Å². The van der Waals surface area contributed by atoms with E-state index in [0.29, 0.717) is 5.75 Å². The normalized spacial score (nSPS) is 17.6. The first-order chi connectivity index (χ1) is 12.9. The molecule has 3 rings (SSSR count). The summed E-state index contributed by atoms with van der Waals surface area (Å²) in [6.07, 6.45) is 0.762. The van der Waals surface area contributed by atoms with Gasteiger partial charge in [-0.3, -0.25) is 4.79 Å². The lowest BCUT2D eigenvalue weighted by Gasteiger charge is -2.38. The fourth-order valence-corrected chi connectivity index (χ4v) is 4.12. The Morgan fingerprint density at radius 3 is 2.70 bits per heavy atom. The van der Waals surface area contributed by atoms with E-state index in [9.17, 15) is 4.79 Å². The molecule has 0 bridgehead atoms. The van der Waals surface area contributed by atoms with Gasteiger partial charge >= 0.3 is 0 Å². The fourth-order valence-electron chi connectivity index (χ4n) is 3.32. The highest BCUT2D eigenvalue weighted by Gasteiger charge is 2.34. The maximum absolute atomic E-state index is 12.5. The van der Waals surface area contributed by atoms with Gasteiger partial charge in [0.2, 0.25) is 5.91 Å². The average molecular weight is 386 g/mol. The van der Waals surface area contributed by atoms with Crippen LogP contribution in [0.1, 0.15) is 43.0 Å². The van der Waals surface area contributed by atoms with E-state index in [1.807, 2.05) is 36.4 Å². The molecule has 0 aromatic heterocycles. The van der Waals surface area contributed by atoms with Crippen molar-refractivity contribution in [2.75, 3.05) is 12.9 Å². The molecule has 1 N–H and O–H groups in total. The predicted molar refractivity (Wildman–Crippen MR) is 111 cm³/mol. The number of rotatable bonds is 6. The van der Waals surface area contributed by atoms with Crippen LogP contribution in [0.4, 0.5) is 0 Å². The van der Waals surface area contributed by atoms with E-state index in [1.165, 1.54) is 11.1 Å². The van der Waals surface area contributed by atoms with Gasteiger partial charge in [0.05, 0.1) is 18.9 Å². The monoisotopic (exact) mass is 385 g/mol. The number of thioether (sulfide) groups is 1. The number of benzene rings is 2. The van der Waals surface area contributed by atoms with E-state index in [-0.39, 0.29) is 17.6 Å². The molecule has 1 atom stereocenters. The average Bonchev–Trinajstić information content (AvgIpc) is 2.62. The third-order valence-electron chi connectivity index (χ3n) is 4.62. The van der Waals surface area contributed by atoms with Gasteiger partial charge in [-0.25, -0.2) is 0 Å². The molecule has 2 aromatic rings. The lowest BCUT2D eigenvalue weighted by atomic mass is 9.89. The molecule has 5 heteroatoms. The van der Waals surface area contributed by atoms with E-state index in [1.54, 1.807) is 18.9 Å². The second-order valence-corrected chi connectivity index (χ2v) is 8.55. The van der Waals surface area contributed by atoms with Crippen molar-refractivity contribution in [1.29, 1.82) is 0 Å². The zero-order chi connectivity index (χ0) is 19.4. The Hall–Kier alpha value is -2.14. The lowest BCUT2D eigenvalue weighted by molar-refractivity contribution is -0.119. The zero-order valence-electron chi connectivity index (χ0n) is 16.4. The van der Waals surface area contributed by atoms with Crippen LogP contribution in [0.25, 0.3) is 0 Å². The van der Waals surface area contributed by atoms with Crippen LogP contribution in [0.2, 0.25) is 0 Å². The summed E-state index contributed by atoms with van der Waals surface area (Å²) in [5.74, 6) is 3.01. The van der Waals surface area contributed by atoms with Crippen molar-refractivity contribution >= 4 is 17.7 Å². The molecule has 0 radical (unpaired) electrons. The first kappa shape index (κ1) is 19.6. The minimum Gasteiger partial charge on any atom is -0.497 e. The molecule has 1 unspecified atom stereocenters. The SMILES string of the molecule is COc1ccc(CSCC(=O)NC2CC(C)(C)Oc3ccc(C)cc32)cc1. The van der Waals surface area contributed by atoms with Crippen LogP contribution in [0.3, 0.4) is 0 Å². The number of fused-ring (bicyclic) bond motifs is 1. The highest BCUT2D eigenvalue weighted by Crippen LogP contribution is 2.39. The van der Waals surface area contributed by atoms with E-state index >= 15 is 0 Å². The molecule has 1 aliphatic heterocycles. The molecular weight excluding hydrogens is 358 g/mol. The van der Waals surface area contributed by atoms with Gasteiger partial charge in [0.25, 0.3) is 0 Å². The summed E-state index contributed by atoms with van der Waals surface area (Å²) in [6.45, 7) is 6.18. The van der Waals surface area contributed by atoms with Crippen molar-refractivity contribution in [3.8, 4) is 11.5 Å². The molecule has 1 heterocycles. The Morgan fingerprint density at radius 2 is 2.00 bits per heavy atom. The third kappa shape index (κ3) is 5.19. The van der Waals surface area contributed by atoms with Crippen molar-refractivity contribution in [3.05, 3.63) is 59.2 Å². The number of hydrogen-bond acceptors (Lipinski definition) is 4. The number of ether oxygens (including phenoxy) is 2. The van der Waals surface area contributed by atoms with Crippen molar-refractivity contribution in [2.24, 2.45) is 0 Å². The summed E-state index contributed by atoms with van der Waals surface area (Å²) in [5.41, 5.74) is 3.13. The molecule has 0 spiro atoms. The van der Waals surface area contributed by atoms with Crippen LogP contribution in [0.5, 0.6) is 11.5 Å². The fraction of sp³-hybridized carbons (Fsp3) is 0.409. The number of carbonyl (C=O) groups is 1. The topological polar surface area (TPSA) is 47.6 Å². The molecule has 0 saturated heterocycles. The highest BCUT2D eigenvalue weighted by molar-refractivity contribution is 7.99. The minimum absolute atomic E-state index is 0.0160. The largest absolute Gasteiger partial charge is 0.497 e. The number of amides is 1. The van der Waals surface area contributed by atoms with Gasteiger partial charge in [-0.2, -0.15) is 0 Å². The van der Waals surface area contributed by atoms with Gasteiger partial charge in [-0.05, 0) is 44.5 Å². The minimum atomic E-state index is -0.295. The summed E-state index contributed by atoms with van der Waals surface area (Å²) in [6, 6.07) is 14.1. The van der Waals surface area contributed by atoms with Gasteiger partial charge in [0, 0.05) is 17.7 Å². The van der Waals surface area contributed by atoms with Gasteiger partial charge in [-0.1, -0.05) is 29.8 Å². The van der Waals surface area contributed by atoms with E-state index in [2.05, 4.69) is 32.2 Å². The van der Waals surface area contributed by atoms with Crippen molar-refractivity contribution in [2.45, 2.75) is 44.6 Å². The third-order valence-corrected chi connectivity index (χ3v) is 5.62. The molecule has 0 saturated carbocycles. The molecule has 144 valence electrons. The van der Waals surface area contributed by atoms with Gasteiger partial charge in [0.1, 0.15) is 17.1 Å². The number of hydrogen-bond donors (Lipinski definition) is 1. The van der Waals surface area contributed by atoms with Crippen LogP contribution in [0, 0.1) is 6.92 Å². The summed E-state index contributed by atoms with van der Waals surface area (Å²) < 4.78 is 11.2. The maximum atomic E-state index is 12.5. The van der Waals surface area contributed by atoms with E-state index in [0.717, 1.165) is 29.2 Å². The summed E-state index contributed by atoms with van der Waals surface area (Å²) in [7, 11) is 1.66. The first-order valence-corrected chi connectivity index (χ1v) is 10.3. The Morgan fingerprint density at radius 1 is 1.26 bits per heavy atom. The molecule has 0 fully saturated rings. The highest BCUT2D eigenvalue weighted by atomic mass is 32.2. The Labute approximate surface area is 165 Å². The maximum Gasteiger partial charge on any atom is 0.230 e. The number of methoxy groups -OCH3 is 1. The van der Waals surface area contributed by atoms with Gasteiger partial charge in [0.15, 0.2) is 0 Å². The number of nitrogens with one attached hydrogen (secondary N) is 1. The number of carbonyl (C=O) groups excluding carboxylic acids is 1. The molecule has 4 nitrogen and oxygen atoms in total. The van der Waals surface area contributed by atoms with Crippen LogP contribution in [-0.2, 0) is 10.5 Å². The summed E-state index contributed by atoms with van der Waals surface area (Å²) in [5, 5.41) is 3.20. The quantitative estimate of drug-likeness (QED) is 0.786. The van der Waals surface area contributed by atoms with E-state index in [4.69, 9.17) is 9.47 Å². The summed E-state index contributed by atoms with van der Waals surface area (Å²) >= 11 is 1.62. The Bertz CT molecular complexity index is 802. The molecule has 0 aliphatic carbocycles. The number of aryl methyl sites for hydroxylation is 1. The second-order valence-electron chi connectivity index (χ2n) is 7.57. The smallest absolute Gasteiger partial charge is 0.230 e.